The molecule has 1 rings (SSSR count). The normalized spacial score (nSPS) is 11.6. The Bertz CT molecular complexity index is 468. The van der Waals surface area contributed by atoms with Crippen LogP contribution in [0, 0.1) is 5.82 Å². The fourth-order valence-electron chi connectivity index (χ4n) is 1.18. The second kappa shape index (κ2) is 6.34. The average Bonchev–Trinajstić information content (AvgIpc) is 2.33. The Morgan fingerprint density at radius 2 is 2.06 bits per heavy atom. The smallest absolute Gasteiger partial charge is 0.321 e. The highest BCUT2D eigenvalue weighted by atomic mass is 79.9. The van der Waals surface area contributed by atoms with Crippen LogP contribution < -0.4 is 16.0 Å². The van der Waals surface area contributed by atoms with Gasteiger partial charge in [-0.3, -0.25) is 10.1 Å². The zero-order chi connectivity index (χ0) is 13.7. The van der Waals surface area contributed by atoms with Crippen LogP contribution in [-0.2, 0) is 4.79 Å². The number of amides is 3. The monoisotopic (exact) mass is 317 g/mol. The van der Waals surface area contributed by atoms with Crippen molar-refractivity contribution in [3.8, 4) is 0 Å². The maximum atomic E-state index is 13.2. The third kappa shape index (κ3) is 3.99. The summed E-state index contributed by atoms with van der Waals surface area (Å²) in [5, 5.41) is 7.17. The molecule has 0 aromatic heterocycles. The molecule has 0 bridgehead atoms. The lowest BCUT2D eigenvalue weighted by molar-refractivity contribution is -0.120. The first kappa shape index (κ1) is 14.4. The summed E-state index contributed by atoms with van der Waals surface area (Å²) in [6.45, 7) is 1.57. The third-order valence-corrected chi connectivity index (χ3v) is 2.80. The molecule has 0 heterocycles. The maximum absolute atomic E-state index is 13.2. The molecule has 18 heavy (non-hydrogen) atoms. The van der Waals surface area contributed by atoms with Gasteiger partial charge in [-0.05, 0) is 41.1 Å². The highest BCUT2D eigenvalue weighted by molar-refractivity contribution is 9.10. The fourth-order valence-corrected chi connectivity index (χ4v) is 1.43. The van der Waals surface area contributed by atoms with Crippen LogP contribution in [0.15, 0.2) is 22.7 Å². The van der Waals surface area contributed by atoms with Crippen LogP contribution in [0.1, 0.15) is 6.92 Å². The maximum Gasteiger partial charge on any atom is 0.321 e. The number of nitrogens with one attached hydrogen (secondary N) is 3. The molecule has 0 aliphatic carbocycles. The van der Waals surface area contributed by atoms with Crippen molar-refractivity contribution in [2.75, 3.05) is 12.4 Å². The summed E-state index contributed by atoms with van der Waals surface area (Å²) in [4.78, 5) is 22.5. The number of carbonyl (C=O) groups is 2. The van der Waals surface area contributed by atoms with Crippen molar-refractivity contribution in [2.24, 2.45) is 0 Å². The number of benzene rings is 1. The van der Waals surface area contributed by atoms with Gasteiger partial charge in [0.15, 0.2) is 0 Å². The molecule has 0 aliphatic rings. The van der Waals surface area contributed by atoms with Gasteiger partial charge < -0.3 is 10.6 Å². The number of halogens is 2. The quantitative estimate of drug-likeness (QED) is 0.796. The third-order valence-electron chi connectivity index (χ3n) is 2.16. The summed E-state index contributed by atoms with van der Waals surface area (Å²) in [5.74, 6) is -0.934. The largest absolute Gasteiger partial charge is 0.374 e. The van der Waals surface area contributed by atoms with Crippen LogP contribution in [0.3, 0.4) is 0 Å². The van der Waals surface area contributed by atoms with Crippen LogP contribution in [-0.4, -0.2) is 25.0 Å². The Balaban J connectivity index is 2.63. The van der Waals surface area contributed by atoms with Gasteiger partial charge in [0.25, 0.3) is 0 Å². The minimum Gasteiger partial charge on any atom is -0.374 e. The van der Waals surface area contributed by atoms with Crippen molar-refractivity contribution < 1.29 is 14.0 Å². The summed E-state index contributed by atoms with van der Waals surface area (Å²) < 4.78 is 13.6. The first-order valence-corrected chi connectivity index (χ1v) is 5.97. The molecule has 1 aromatic carbocycles. The number of urea groups is 1. The van der Waals surface area contributed by atoms with Crippen molar-refractivity contribution >= 4 is 33.6 Å². The van der Waals surface area contributed by atoms with E-state index in [0.29, 0.717) is 10.2 Å². The van der Waals surface area contributed by atoms with Crippen LogP contribution in [0.5, 0.6) is 0 Å². The first-order valence-electron chi connectivity index (χ1n) is 5.18. The molecule has 0 saturated heterocycles. The van der Waals surface area contributed by atoms with Gasteiger partial charge in [-0.15, -0.1) is 0 Å². The van der Waals surface area contributed by atoms with E-state index in [2.05, 4.69) is 31.9 Å². The van der Waals surface area contributed by atoms with Gasteiger partial charge in [0.2, 0.25) is 5.91 Å². The van der Waals surface area contributed by atoms with Crippen molar-refractivity contribution in [1.82, 2.24) is 10.6 Å². The Morgan fingerprint density at radius 3 is 2.61 bits per heavy atom. The van der Waals surface area contributed by atoms with Crippen molar-refractivity contribution in [3.05, 3.63) is 28.5 Å². The van der Waals surface area contributed by atoms with E-state index in [4.69, 9.17) is 0 Å². The van der Waals surface area contributed by atoms with E-state index in [1.165, 1.54) is 19.2 Å². The van der Waals surface area contributed by atoms with Gasteiger partial charge in [0.05, 0.1) is 4.47 Å². The van der Waals surface area contributed by atoms with Crippen molar-refractivity contribution in [1.29, 1.82) is 0 Å². The topological polar surface area (TPSA) is 70.2 Å². The summed E-state index contributed by atoms with van der Waals surface area (Å²) in [6.07, 6.45) is 0. The van der Waals surface area contributed by atoms with Gasteiger partial charge in [-0.1, -0.05) is 0 Å². The molecule has 3 N–H and O–H groups in total. The Morgan fingerprint density at radius 1 is 1.39 bits per heavy atom. The van der Waals surface area contributed by atoms with Crippen LogP contribution in [0.4, 0.5) is 14.9 Å². The lowest BCUT2D eigenvalue weighted by atomic mass is 10.2. The summed E-state index contributed by atoms with van der Waals surface area (Å²) >= 11 is 3.03. The molecule has 98 valence electrons. The van der Waals surface area contributed by atoms with E-state index in [-0.39, 0.29) is 0 Å². The molecule has 3 amide bonds. The number of hydrogen-bond donors (Lipinski definition) is 3. The number of anilines is 1. The number of imide groups is 1. The van der Waals surface area contributed by atoms with Crippen LogP contribution in [0.25, 0.3) is 0 Å². The van der Waals surface area contributed by atoms with Crippen molar-refractivity contribution in [3.63, 3.8) is 0 Å². The molecule has 1 unspecified atom stereocenters. The number of carbonyl (C=O) groups excluding carboxylic acids is 2. The highest BCUT2D eigenvalue weighted by Gasteiger charge is 2.15. The minimum absolute atomic E-state index is 0.343. The van der Waals surface area contributed by atoms with E-state index in [9.17, 15) is 14.0 Å². The molecule has 0 fully saturated rings. The van der Waals surface area contributed by atoms with E-state index >= 15 is 0 Å². The van der Waals surface area contributed by atoms with Gasteiger partial charge in [-0.25, -0.2) is 9.18 Å². The zero-order valence-corrected chi connectivity index (χ0v) is 11.5. The zero-order valence-electron chi connectivity index (χ0n) is 9.88. The molecule has 0 spiro atoms. The second-order valence-corrected chi connectivity index (χ2v) is 4.42. The Hall–Kier alpha value is -1.63. The summed E-state index contributed by atoms with van der Waals surface area (Å²) in [7, 11) is 1.41. The molecule has 1 atom stereocenters. The second-order valence-electron chi connectivity index (χ2n) is 3.56. The van der Waals surface area contributed by atoms with Crippen LogP contribution in [0.2, 0.25) is 0 Å². The van der Waals surface area contributed by atoms with Gasteiger partial charge in [0, 0.05) is 12.7 Å². The summed E-state index contributed by atoms with van der Waals surface area (Å²) in [6, 6.07) is 3.16. The lowest BCUT2D eigenvalue weighted by Crippen LogP contribution is -2.44. The number of hydrogen-bond acceptors (Lipinski definition) is 3. The van der Waals surface area contributed by atoms with E-state index in [1.54, 1.807) is 13.0 Å². The predicted octanol–water partition coefficient (Wildman–Crippen LogP) is 1.84. The molecule has 0 radical (unpaired) electrons. The predicted molar refractivity (Wildman–Crippen MR) is 69.8 cm³/mol. The SMILES string of the molecule is CNC(=O)NC(=O)C(C)Nc1ccc(Br)c(F)c1. The van der Waals surface area contributed by atoms with Gasteiger partial charge in [0.1, 0.15) is 11.9 Å². The van der Waals surface area contributed by atoms with E-state index in [0.717, 1.165) is 0 Å². The van der Waals surface area contributed by atoms with Crippen LogP contribution >= 0.6 is 15.9 Å². The van der Waals surface area contributed by atoms with E-state index in [1.807, 2.05) is 0 Å². The number of rotatable bonds is 3. The van der Waals surface area contributed by atoms with Gasteiger partial charge >= 0.3 is 6.03 Å². The lowest BCUT2D eigenvalue weighted by Gasteiger charge is -2.14. The average molecular weight is 318 g/mol. The molecular weight excluding hydrogens is 305 g/mol. The van der Waals surface area contributed by atoms with Gasteiger partial charge in [-0.2, -0.15) is 0 Å². The Kier molecular flexibility index (Phi) is 5.08. The highest BCUT2D eigenvalue weighted by Crippen LogP contribution is 2.19. The molecule has 0 saturated carbocycles. The van der Waals surface area contributed by atoms with E-state index < -0.39 is 23.8 Å². The first-order chi connectivity index (χ1) is 8.43. The molecular formula is C11H13BrFN3O2. The standard InChI is InChI=1S/C11H13BrFN3O2/c1-6(10(17)16-11(18)14-2)15-7-3-4-8(12)9(13)5-7/h3-6,15H,1-2H3,(H2,14,16,17,18). The van der Waals surface area contributed by atoms with Crippen molar-refractivity contribution in [2.45, 2.75) is 13.0 Å². The fraction of sp³-hybridized carbons (Fsp3) is 0.273. The molecule has 5 nitrogen and oxygen atoms in total. The molecule has 7 heteroatoms. The Labute approximate surface area is 112 Å². The molecule has 0 aliphatic heterocycles. The minimum atomic E-state index is -0.664. The molecule has 1 aromatic rings. The summed E-state index contributed by atoms with van der Waals surface area (Å²) in [5.41, 5.74) is 0.454.